The number of hydrogen-bond acceptors (Lipinski definition) is 1. The van der Waals surface area contributed by atoms with Crippen LogP contribution in [0.5, 0.6) is 0 Å². The number of halogens is 2. The van der Waals surface area contributed by atoms with Crippen molar-refractivity contribution in [3.8, 4) is 0 Å². The van der Waals surface area contributed by atoms with Gasteiger partial charge in [-0.2, -0.15) is 0 Å². The molecule has 1 aliphatic rings. The molecular weight excluding hydrogens is 148 g/mol. The van der Waals surface area contributed by atoms with Crippen LogP contribution in [0.4, 0.5) is 8.78 Å². The number of nitrogens with two attached hydrogens (primary N) is 1. The van der Waals surface area contributed by atoms with Crippen molar-refractivity contribution in [3.05, 3.63) is 0 Å². The molecule has 0 spiro atoms. The molecule has 0 saturated heterocycles. The molecule has 0 radical (unpaired) electrons. The average molecular weight is 163 g/mol. The van der Waals surface area contributed by atoms with E-state index in [4.69, 9.17) is 5.73 Å². The first-order valence-corrected chi connectivity index (χ1v) is 4.24. The van der Waals surface area contributed by atoms with Gasteiger partial charge in [0.05, 0.1) is 0 Å². The van der Waals surface area contributed by atoms with Crippen LogP contribution < -0.4 is 5.73 Å². The summed E-state index contributed by atoms with van der Waals surface area (Å²) in [7, 11) is 0. The Kier molecular flexibility index (Phi) is 3.24. The quantitative estimate of drug-likeness (QED) is 0.589. The largest absolute Gasteiger partial charge is 0.328 e. The molecule has 2 N–H and O–H groups in total. The molecule has 3 heteroatoms. The Morgan fingerprint density at radius 2 is 1.82 bits per heavy atom. The Hall–Kier alpha value is -0.180. The van der Waals surface area contributed by atoms with Crippen LogP contribution in [-0.4, -0.2) is 12.5 Å². The molecule has 0 aliphatic heterocycles. The van der Waals surface area contributed by atoms with Crippen LogP contribution in [0.1, 0.15) is 32.1 Å². The summed E-state index contributed by atoms with van der Waals surface area (Å²) in [6, 6.07) is 0.166. The van der Waals surface area contributed by atoms with Crippen LogP contribution in [0.2, 0.25) is 0 Å². The first-order valence-electron chi connectivity index (χ1n) is 4.24. The van der Waals surface area contributed by atoms with Crippen molar-refractivity contribution in [2.24, 2.45) is 11.7 Å². The summed E-state index contributed by atoms with van der Waals surface area (Å²) in [6.07, 6.45) is 1.69. The number of rotatable bonds is 1. The summed E-state index contributed by atoms with van der Waals surface area (Å²) >= 11 is 0. The maximum atomic E-state index is 12.2. The molecule has 0 unspecified atom stereocenters. The standard InChI is InChI=1S/C8H15F2N/c9-8(10)6-2-1-3-7(11)5-4-6/h6-8H,1-5,11H2/t6-,7-/m1/s1. The Labute approximate surface area is 66.0 Å². The Balaban J connectivity index is 2.34. The van der Waals surface area contributed by atoms with Gasteiger partial charge in [-0.15, -0.1) is 0 Å². The highest BCUT2D eigenvalue weighted by atomic mass is 19.3. The van der Waals surface area contributed by atoms with Gasteiger partial charge < -0.3 is 5.73 Å². The predicted octanol–water partition coefficient (Wildman–Crippen LogP) is 2.16. The second-order valence-electron chi connectivity index (χ2n) is 3.36. The van der Waals surface area contributed by atoms with Crippen molar-refractivity contribution in [1.29, 1.82) is 0 Å². The summed E-state index contributed by atoms with van der Waals surface area (Å²) in [5.74, 6) is -0.386. The smallest absolute Gasteiger partial charge is 0.241 e. The third-order valence-corrected chi connectivity index (χ3v) is 2.41. The van der Waals surface area contributed by atoms with E-state index in [2.05, 4.69) is 0 Å². The minimum Gasteiger partial charge on any atom is -0.328 e. The predicted molar refractivity (Wildman–Crippen MR) is 40.6 cm³/mol. The van der Waals surface area contributed by atoms with Gasteiger partial charge >= 0.3 is 0 Å². The third-order valence-electron chi connectivity index (χ3n) is 2.41. The average Bonchev–Trinajstić information content (AvgIpc) is 2.13. The molecular formula is C8H15F2N. The van der Waals surface area contributed by atoms with Crippen LogP contribution in [0, 0.1) is 5.92 Å². The van der Waals surface area contributed by atoms with Crippen LogP contribution in [-0.2, 0) is 0 Å². The van der Waals surface area contributed by atoms with Crippen molar-refractivity contribution in [2.75, 3.05) is 0 Å². The van der Waals surface area contributed by atoms with E-state index in [0.717, 1.165) is 19.3 Å². The van der Waals surface area contributed by atoms with E-state index in [-0.39, 0.29) is 12.0 Å². The molecule has 1 nitrogen and oxygen atoms in total. The Morgan fingerprint density at radius 1 is 1.09 bits per heavy atom. The van der Waals surface area contributed by atoms with Gasteiger partial charge in [0, 0.05) is 12.0 Å². The van der Waals surface area contributed by atoms with E-state index in [9.17, 15) is 8.78 Å². The second kappa shape index (κ2) is 4.00. The van der Waals surface area contributed by atoms with Crippen molar-refractivity contribution in [1.82, 2.24) is 0 Å². The van der Waals surface area contributed by atoms with Gasteiger partial charge in [0.2, 0.25) is 6.43 Å². The minimum absolute atomic E-state index is 0.166. The Bertz CT molecular complexity index is 117. The fourth-order valence-corrected chi connectivity index (χ4v) is 1.61. The summed E-state index contributed by atoms with van der Waals surface area (Å²) < 4.78 is 24.4. The maximum Gasteiger partial charge on any atom is 0.241 e. The molecule has 0 amide bonds. The van der Waals surface area contributed by atoms with Gasteiger partial charge in [0.15, 0.2) is 0 Å². The van der Waals surface area contributed by atoms with E-state index in [0.29, 0.717) is 12.8 Å². The van der Waals surface area contributed by atoms with Crippen LogP contribution in [0.15, 0.2) is 0 Å². The molecule has 2 atom stereocenters. The van der Waals surface area contributed by atoms with Gasteiger partial charge in [-0.05, 0) is 25.7 Å². The lowest BCUT2D eigenvalue weighted by Gasteiger charge is -2.11. The van der Waals surface area contributed by atoms with Gasteiger partial charge in [-0.1, -0.05) is 6.42 Å². The topological polar surface area (TPSA) is 26.0 Å². The van der Waals surface area contributed by atoms with Crippen molar-refractivity contribution >= 4 is 0 Å². The first-order chi connectivity index (χ1) is 5.20. The SMILES string of the molecule is N[C@@H]1CCC[C@@H](C(F)F)CC1. The normalized spacial score (nSPS) is 33.8. The second-order valence-corrected chi connectivity index (χ2v) is 3.36. The molecule has 66 valence electrons. The zero-order valence-corrected chi connectivity index (χ0v) is 6.60. The van der Waals surface area contributed by atoms with E-state index in [1.54, 1.807) is 0 Å². The van der Waals surface area contributed by atoms with Gasteiger partial charge in [0.25, 0.3) is 0 Å². The number of hydrogen-bond donors (Lipinski definition) is 1. The summed E-state index contributed by atoms with van der Waals surface area (Å²) in [5, 5.41) is 0. The van der Waals surface area contributed by atoms with Crippen molar-refractivity contribution < 1.29 is 8.78 Å². The minimum atomic E-state index is -2.14. The van der Waals surface area contributed by atoms with Crippen LogP contribution >= 0.6 is 0 Å². The monoisotopic (exact) mass is 163 g/mol. The molecule has 0 aromatic heterocycles. The van der Waals surface area contributed by atoms with E-state index in [1.807, 2.05) is 0 Å². The Morgan fingerprint density at radius 3 is 2.45 bits per heavy atom. The third kappa shape index (κ3) is 2.73. The summed E-state index contributed by atoms with van der Waals surface area (Å²) in [6.45, 7) is 0. The van der Waals surface area contributed by atoms with Gasteiger partial charge in [-0.25, -0.2) is 8.78 Å². The molecule has 0 aromatic rings. The lowest BCUT2D eigenvalue weighted by Crippen LogP contribution is -2.18. The summed E-state index contributed by atoms with van der Waals surface area (Å²) in [5.41, 5.74) is 5.65. The zero-order valence-electron chi connectivity index (χ0n) is 6.60. The van der Waals surface area contributed by atoms with Gasteiger partial charge in [-0.3, -0.25) is 0 Å². The zero-order chi connectivity index (χ0) is 8.27. The molecule has 0 aromatic carbocycles. The van der Waals surface area contributed by atoms with Crippen LogP contribution in [0.3, 0.4) is 0 Å². The fourth-order valence-electron chi connectivity index (χ4n) is 1.61. The molecule has 1 aliphatic carbocycles. The highest BCUT2D eigenvalue weighted by molar-refractivity contribution is 4.72. The van der Waals surface area contributed by atoms with Crippen molar-refractivity contribution in [2.45, 2.75) is 44.6 Å². The fraction of sp³-hybridized carbons (Fsp3) is 1.00. The lowest BCUT2D eigenvalue weighted by atomic mass is 10.0. The maximum absolute atomic E-state index is 12.2. The van der Waals surface area contributed by atoms with E-state index in [1.165, 1.54) is 0 Å². The highest BCUT2D eigenvalue weighted by Gasteiger charge is 2.23. The highest BCUT2D eigenvalue weighted by Crippen LogP contribution is 2.27. The number of alkyl halides is 2. The molecule has 0 bridgehead atoms. The molecule has 1 rings (SSSR count). The first kappa shape index (κ1) is 8.91. The molecule has 1 saturated carbocycles. The van der Waals surface area contributed by atoms with E-state index >= 15 is 0 Å². The summed E-state index contributed by atoms with van der Waals surface area (Å²) in [4.78, 5) is 0. The van der Waals surface area contributed by atoms with E-state index < -0.39 is 6.43 Å². The molecule has 0 heterocycles. The van der Waals surface area contributed by atoms with Crippen molar-refractivity contribution in [3.63, 3.8) is 0 Å². The molecule has 1 fully saturated rings. The van der Waals surface area contributed by atoms with Crippen LogP contribution in [0.25, 0.3) is 0 Å². The lowest BCUT2D eigenvalue weighted by molar-refractivity contribution is 0.0686. The molecule has 11 heavy (non-hydrogen) atoms. The van der Waals surface area contributed by atoms with Gasteiger partial charge in [0.1, 0.15) is 0 Å².